The first-order valence-electron chi connectivity index (χ1n) is 9.44. The molecule has 0 bridgehead atoms. The Labute approximate surface area is 168 Å². The van der Waals surface area contributed by atoms with Crippen molar-refractivity contribution in [1.29, 1.82) is 0 Å². The Morgan fingerprint density at radius 3 is 2.68 bits per heavy atom. The van der Waals surface area contributed by atoms with Crippen molar-refractivity contribution in [3.8, 4) is 0 Å². The molecule has 1 aromatic heterocycles. The molecule has 28 heavy (non-hydrogen) atoms. The highest BCUT2D eigenvalue weighted by Crippen LogP contribution is 2.40. The van der Waals surface area contributed by atoms with Crippen LogP contribution in [0.1, 0.15) is 47.3 Å². The molecule has 146 valence electrons. The van der Waals surface area contributed by atoms with Crippen LogP contribution >= 0.6 is 11.3 Å². The summed E-state index contributed by atoms with van der Waals surface area (Å²) in [6.07, 6.45) is 5.12. The number of guanidine groups is 2. The van der Waals surface area contributed by atoms with Gasteiger partial charge in [-0.1, -0.05) is 12.5 Å². The van der Waals surface area contributed by atoms with Crippen LogP contribution in [0.5, 0.6) is 0 Å². The number of benzene rings is 1. The highest BCUT2D eigenvalue weighted by atomic mass is 32.1. The lowest BCUT2D eigenvalue weighted by Crippen LogP contribution is -2.58. The van der Waals surface area contributed by atoms with Crippen molar-refractivity contribution in [3.05, 3.63) is 46.2 Å². The third-order valence-electron chi connectivity index (χ3n) is 5.31. The number of nitrogens with zero attached hydrogens (tertiary/aromatic N) is 3. The van der Waals surface area contributed by atoms with Crippen LogP contribution < -0.4 is 21.7 Å². The third kappa shape index (κ3) is 3.35. The molecule has 0 unspecified atom stereocenters. The van der Waals surface area contributed by atoms with Crippen LogP contribution in [0, 0.1) is 6.92 Å². The zero-order valence-electron chi connectivity index (χ0n) is 15.8. The molecule has 1 aromatic carbocycles. The van der Waals surface area contributed by atoms with Crippen LogP contribution in [0.2, 0.25) is 0 Å². The van der Waals surface area contributed by atoms with Crippen molar-refractivity contribution in [1.82, 2.24) is 0 Å². The highest BCUT2D eigenvalue weighted by Gasteiger charge is 2.42. The van der Waals surface area contributed by atoms with Crippen molar-refractivity contribution < 1.29 is 4.79 Å². The largest absolute Gasteiger partial charge is 0.369 e. The average molecular weight is 397 g/mol. The summed E-state index contributed by atoms with van der Waals surface area (Å²) in [6.45, 7) is 1.97. The van der Waals surface area contributed by atoms with Crippen LogP contribution in [0.15, 0.2) is 45.7 Å². The van der Waals surface area contributed by atoms with E-state index in [4.69, 9.17) is 16.5 Å². The monoisotopic (exact) mass is 396 g/mol. The lowest BCUT2D eigenvalue weighted by Gasteiger charge is -2.45. The van der Waals surface area contributed by atoms with Gasteiger partial charge in [0.1, 0.15) is 5.66 Å². The van der Waals surface area contributed by atoms with Crippen molar-refractivity contribution >= 4 is 40.5 Å². The quantitative estimate of drug-likeness (QED) is 0.738. The van der Waals surface area contributed by atoms with Gasteiger partial charge >= 0.3 is 0 Å². The summed E-state index contributed by atoms with van der Waals surface area (Å²) in [7, 11) is 0. The van der Waals surface area contributed by atoms with E-state index in [0.717, 1.165) is 42.6 Å². The second kappa shape index (κ2) is 7.27. The Morgan fingerprint density at radius 1 is 1.21 bits per heavy atom. The maximum Gasteiger partial charge on any atom is 0.265 e. The number of anilines is 2. The van der Waals surface area contributed by atoms with Gasteiger partial charge in [-0.15, -0.1) is 11.3 Å². The minimum Gasteiger partial charge on any atom is -0.369 e. The molecule has 2 aliphatic rings. The lowest BCUT2D eigenvalue weighted by atomic mass is 9.87. The van der Waals surface area contributed by atoms with Gasteiger partial charge in [-0.3, -0.25) is 9.69 Å². The molecule has 0 radical (unpaired) electrons. The first-order chi connectivity index (χ1) is 13.5. The molecule has 1 aliphatic heterocycles. The first kappa shape index (κ1) is 18.5. The van der Waals surface area contributed by atoms with Crippen LogP contribution in [0.3, 0.4) is 0 Å². The van der Waals surface area contributed by atoms with Crippen molar-refractivity contribution in [2.45, 2.75) is 44.7 Å². The maximum absolute atomic E-state index is 12.4. The molecule has 1 amide bonds. The maximum atomic E-state index is 12.4. The van der Waals surface area contributed by atoms with Crippen LogP contribution in [-0.4, -0.2) is 23.5 Å². The Morgan fingerprint density at radius 2 is 2.00 bits per heavy atom. The second-order valence-electron chi connectivity index (χ2n) is 7.25. The number of thiophene rings is 1. The first-order valence-corrected chi connectivity index (χ1v) is 10.3. The molecule has 2 heterocycles. The van der Waals surface area contributed by atoms with Gasteiger partial charge < -0.3 is 16.8 Å². The zero-order chi connectivity index (χ0) is 19.7. The number of rotatable bonds is 3. The molecule has 1 spiro atoms. The summed E-state index contributed by atoms with van der Waals surface area (Å²) >= 11 is 1.42. The van der Waals surface area contributed by atoms with Crippen LogP contribution in [-0.2, 0) is 0 Å². The normalized spacial score (nSPS) is 18.5. The zero-order valence-corrected chi connectivity index (χ0v) is 16.6. The molecule has 4 rings (SSSR count). The van der Waals surface area contributed by atoms with Gasteiger partial charge in [-0.2, -0.15) is 4.99 Å². The number of carbonyl (C=O) groups is 1. The molecule has 0 atom stereocenters. The predicted molar refractivity (Wildman–Crippen MR) is 115 cm³/mol. The minimum absolute atomic E-state index is 0.106. The van der Waals surface area contributed by atoms with Gasteiger partial charge in [0.2, 0.25) is 11.9 Å². The fourth-order valence-electron chi connectivity index (χ4n) is 4.01. The van der Waals surface area contributed by atoms with Crippen molar-refractivity contribution in [2.24, 2.45) is 21.5 Å². The lowest BCUT2D eigenvalue weighted by molar-refractivity contribution is 0.103. The number of hydrogen-bond acceptors (Lipinski definition) is 7. The van der Waals surface area contributed by atoms with E-state index in [1.807, 2.05) is 47.5 Å². The summed E-state index contributed by atoms with van der Waals surface area (Å²) in [6, 6.07) is 9.54. The molecule has 7 nitrogen and oxygen atoms in total. The standard InChI is InChI=1S/C20H24N6OS/c1-13-12-14(7-8-15(13)23-17(27)16-6-5-11-28-16)26-19(22)24-18(21)25-20(26)9-3-2-4-10-20/h5-8,11-12H,2-4,9-10H2,1H3,(H,23,27)(H4,21,22,24,25). The molecule has 5 N–H and O–H groups in total. The Balaban J connectivity index is 1.64. The van der Waals surface area contributed by atoms with Crippen molar-refractivity contribution in [3.63, 3.8) is 0 Å². The summed E-state index contributed by atoms with van der Waals surface area (Å²) in [5, 5.41) is 4.86. The topological polar surface area (TPSA) is 109 Å². The smallest absolute Gasteiger partial charge is 0.265 e. The molecule has 1 aliphatic carbocycles. The summed E-state index contributed by atoms with van der Waals surface area (Å²) in [4.78, 5) is 23.9. The molecule has 2 aromatic rings. The van der Waals surface area contributed by atoms with E-state index >= 15 is 0 Å². The van der Waals surface area contributed by atoms with E-state index < -0.39 is 5.66 Å². The van der Waals surface area contributed by atoms with E-state index in [1.54, 1.807) is 0 Å². The number of aliphatic imine (C=N–C) groups is 2. The van der Waals surface area contributed by atoms with E-state index in [0.29, 0.717) is 10.8 Å². The molecule has 8 heteroatoms. The molecule has 1 fully saturated rings. The molecule has 0 saturated heterocycles. The Kier molecular flexibility index (Phi) is 4.80. The Bertz CT molecular complexity index is 944. The number of nitrogens with one attached hydrogen (secondary N) is 1. The summed E-state index contributed by atoms with van der Waals surface area (Å²) < 4.78 is 0. The SMILES string of the molecule is Cc1cc(N2C(N)=NC(N)=NC23CCCCC3)ccc1NC(=O)c1cccs1. The van der Waals surface area contributed by atoms with Gasteiger partial charge in [0.05, 0.1) is 4.88 Å². The minimum atomic E-state index is -0.470. The van der Waals surface area contributed by atoms with Gasteiger partial charge in [0.25, 0.3) is 5.91 Å². The van der Waals surface area contributed by atoms with E-state index in [-0.39, 0.29) is 11.9 Å². The predicted octanol–water partition coefficient (Wildman–Crippen LogP) is 3.42. The Hall–Kier alpha value is -2.87. The second-order valence-corrected chi connectivity index (χ2v) is 8.20. The fraction of sp³-hybridized carbons (Fsp3) is 0.350. The summed E-state index contributed by atoms with van der Waals surface area (Å²) in [5.74, 6) is 0.502. The van der Waals surface area contributed by atoms with E-state index in [9.17, 15) is 4.79 Å². The van der Waals surface area contributed by atoms with Gasteiger partial charge in [-0.05, 0) is 67.8 Å². The molecular weight excluding hydrogens is 372 g/mol. The highest BCUT2D eigenvalue weighted by molar-refractivity contribution is 7.12. The number of nitrogens with two attached hydrogens (primary N) is 2. The van der Waals surface area contributed by atoms with Crippen LogP contribution in [0.4, 0.5) is 11.4 Å². The number of carbonyl (C=O) groups excluding carboxylic acids is 1. The van der Waals surface area contributed by atoms with E-state index in [2.05, 4.69) is 10.3 Å². The third-order valence-corrected chi connectivity index (χ3v) is 6.18. The van der Waals surface area contributed by atoms with Crippen LogP contribution in [0.25, 0.3) is 0 Å². The van der Waals surface area contributed by atoms with Gasteiger partial charge in [0.15, 0.2) is 0 Å². The van der Waals surface area contributed by atoms with Crippen molar-refractivity contribution in [2.75, 3.05) is 10.2 Å². The van der Waals surface area contributed by atoms with E-state index in [1.165, 1.54) is 17.8 Å². The molecule has 1 saturated carbocycles. The number of hydrogen-bond donors (Lipinski definition) is 3. The number of amides is 1. The van der Waals surface area contributed by atoms with Gasteiger partial charge in [-0.25, -0.2) is 4.99 Å². The fourth-order valence-corrected chi connectivity index (χ4v) is 4.63. The number of aryl methyl sites for hydroxylation is 1. The average Bonchev–Trinajstić information content (AvgIpc) is 3.18. The van der Waals surface area contributed by atoms with Gasteiger partial charge in [0, 0.05) is 11.4 Å². The molecular formula is C20H24N6OS. The summed E-state index contributed by atoms with van der Waals surface area (Å²) in [5.41, 5.74) is 14.4.